The summed E-state index contributed by atoms with van der Waals surface area (Å²) in [5.41, 5.74) is 2.24. The van der Waals surface area contributed by atoms with E-state index in [1.165, 1.54) is 0 Å². The summed E-state index contributed by atoms with van der Waals surface area (Å²) in [5, 5.41) is 4.00. The van der Waals surface area contributed by atoms with Crippen LogP contribution in [0.2, 0.25) is 0 Å². The Labute approximate surface area is 140 Å². The van der Waals surface area contributed by atoms with Crippen molar-refractivity contribution in [1.29, 1.82) is 0 Å². The van der Waals surface area contributed by atoms with E-state index in [1.807, 2.05) is 31.2 Å². The summed E-state index contributed by atoms with van der Waals surface area (Å²) in [6, 6.07) is 14.6. The van der Waals surface area contributed by atoms with Gasteiger partial charge in [0.05, 0.1) is 6.10 Å². The van der Waals surface area contributed by atoms with Crippen molar-refractivity contribution in [2.45, 2.75) is 26.4 Å². The first kappa shape index (κ1) is 15.9. The lowest BCUT2D eigenvalue weighted by molar-refractivity contribution is 0.112. The van der Waals surface area contributed by atoms with Crippen LogP contribution in [0, 0.1) is 0 Å². The van der Waals surface area contributed by atoms with Gasteiger partial charge in [-0.25, -0.2) is 0 Å². The van der Waals surface area contributed by atoms with E-state index in [-0.39, 0.29) is 6.10 Å². The number of carbonyl (C=O) groups is 1. The smallest absolute Gasteiger partial charge is 0.258 e. The fraction of sp³-hybridized carbons (Fsp3) is 0.211. The van der Waals surface area contributed by atoms with Gasteiger partial charge >= 0.3 is 0 Å². The Morgan fingerprint density at radius 1 is 1.08 bits per heavy atom. The number of nitrogens with zero attached hydrogens (tertiary/aromatic N) is 2. The zero-order valence-electron chi connectivity index (χ0n) is 13.6. The largest absolute Gasteiger partial charge is 0.491 e. The first-order valence-electron chi connectivity index (χ1n) is 7.86. The predicted octanol–water partition coefficient (Wildman–Crippen LogP) is 4.39. The second kappa shape index (κ2) is 7.08. The van der Waals surface area contributed by atoms with Crippen LogP contribution in [-0.2, 0) is 0 Å². The highest BCUT2D eigenvalue weighted by molar-refractivity contribution is 5.76. The van der Waals surface area contributed by atoms with Crippen LogP contribution < -0.4 is 4.74 Å². The maximum atomic E-state index is 10.7. The Hall–Kier alpha value is -2.95. The molecule has 3 rings (SSSR count). The van der Waals surface area contributed by atoms with E-state index in [1.54, 1.807) is 24.3 Å². The van der Waals surface area contributed by atoms with Crippen LogP contribution in [-0.4, -0.2) is 22.5 Å². The zero-order chi connectivity index (χ0) is 16.9. The van der Waals surface area contributed by atoms with E-state index in [9.17, 15) is 4.79 Å². The average Bonchev–Trinajstić information content (AvgIpc) is 3.12. The van der Waals surface area contributed by atoms with E-state index < -0.39 is 0 Å². The van der Waals surface area contributed by atoms with Gasteiger partial charge in [-0.15, -0.1) is 0 Å². The molecule has 2 aromatic carbocycles. The van der Waals surface area contributed by atoms with Crippen LogP contribution in [0.5, 0.6) is 5.75 Å². The van der Waals surface area contributed by atoms with Crippen molar-refractivity contribution >= 4 is 6.29 Å². The Morgan fingerprint density at radius 2 is 1.75 bits per heavy atom. The molecule has 3 aromatic rings. The van der Waals surface area contributed by atoms with Gasteiger partial charge in [0.15, 0.2) is 0 Å². The number of benzene rings is 2. The van der Waals surface area contributed by atoms with Crippen molar-refractivity contribution in [3.05, 3.63) is 54.1 Å². The van der Waals surface area contributed by atoms with Crippen molar-refractivity contribution in [2.75, 3.05) is 0 Å². The first-order chi connectivity index (χ1) is 11.7. The summed E-state index contributed by atoms with van der Waals surface area (Å²) in [6.45, 7) is 4.12. The number of rotatable bonds is 6. The maximum Gasteiger partial charge on any atom is 0.258 e. The summed E-state index contributed by atoms with van der Waals surface area (Å²) in [4.78, 5) is 15.1. The topological polar surface area (TPSA) is 65.2 Å². The number of aldehydes is 1. The molecule has 0 aliphatic carbocycles. The third-order valence-electron chi connectivity index (χ3n) is 3.74. The fourth-order valence-electron chi connectivity index (χ4n) is 2.16. The normalized spacial score (nSPS) is 11.9. The first-order valence-corrected chi connectivity index (χ1v) is 7.86. The van der Waals surface area contributed by atoms with Crippen LogP contribution in [0.15, 0.2) is 53.1 Å². The summed E-state index contributed by atoms with van der Waals surface area (Å²) >= 11 is 0. The van der Waals surface area contributed by atoms with Gasteiger partial charge in [0.2, 0.25) is 5.82 Å². The van der Waals surface area contributed by atoms with Gasteiger partial charge in [0, 0.05) is 16.7 Å². The minimum Gasteiger partial charge on any atom is -0.491 e. The molecule has 0 spiro atoms. The highest BCUT2D eigenvalue weighted by Crippen LogP contribution is 2.24. The molecule has 0 saturated heterocycles. The van der Waals surface area contributed by atoms with Crippen LogP contribution in [0.25, 0.3) is 22.8 Å². The highest BCUT2D eigenvalue weighted by atomic mass is 16.5. The van der Waals surface area contributed by atoms with Crippen molar-refractivity contribution in [1.82, 2.24) is 10.1 Å². The van der Waals surface area contributed by atoms with Crippen LogP contribution in [0.4, 0.5) is 0 Å². The lowest BCUT2D eigenvalue weighted by Crippen LogP contribution is -2.09. The lowest BCUT2D eigenvalue weighted by atomic mass is 10.1. The molecule has 0 fully saturated rings. The lowest BCUT2D eigenvalue weighted by Gasteiger charge is -2.12. The Kier molecular flexibility index (Phi) is 4.70. The molecule has 24 heavy (non-hydrogen) atoms. The third kappa shape index (κ3) is 3.51. The van der Waals surface area contributed by atoms with E-state index in [0.29, 0.717) is 17.3 Å². The molecule has 122 valence electrons. The summed E-state index contributed by atoms with van der Waals surface area (Å²) in [5.74, 6) is 1.75. The van der Waals surface area contributed by atoms with Crippen LogP contribution >= 0.6 is 0 Å². The van der Waals surface area contributed by atoms with Crippen molar-refractivity contribution < 1.29 is 14.1 Å². The van der Waals surface area contributed by atoms with Crippen LogP contribution in [0.3, 0.4) is 0 Å². The minimum absolute atomic E-state index is 0.181. The van der Waals surface area contributed by atoms with Crippen molar-refractivity contribution in [2.24, 2.45) is 0 Å². The summed E-state index contributed by atoms with van der Waals surface area (Å²) in [7, 11) is 0. The van der Waals surface area contributed by atoms with E-state index in [2.05, 4.69) is 17.1 Å². The quantitative estimate of drug-likeness (QED) is 0.630. The number of aromatic nitrogens is 2. The molecule has 0 radical (unpaired) electrons. The second-order valence-corrected chi connectivity index (χ2v) is 5.52. The molecule has 0 aliphatic heterocycles. The maximum absolute atomic E-state index is 10.7. The monoisotopic (exact) mass is 322 g/mol. The molecule has 0 amide bonds. The van der Waals surface area contributed by atoms with E-state index in [4.69, 9.17) is 9.26 Å². The predicted molar refractivity (Wildman–Crippen MR) is 90.9 cm³/mol. The fourth-order valence-corrected chi connectivity index (χ4v) is 2.16. The number of carbonyl (C=O) groups excluding carboxylic acids is 1. The van der Waals surface area contributed by atoms with Crippen molar-refractivity contribution in [3.63, 3.8) is 0 Å². The zero-order valence-corrected chi connectivity index (χ0v) is 13.6. The molecule has 1 heterocycles. The van der Waals surface area contributed by atoms with Gasteiger partial charge in [0.1, 0.15) is 12.0 Å². The van der Waals surface area contributed by atoms with Crippen molar-refractivity contribution in [3.8, 4) is 28.6 Å². The van der Waals surface area contributed by atoms with Gasteiger partial charge in [-0.3, -0.25) is 4.79 Å². The Morgan fingerprint density at radius 3 is 2.38 bits per heavy atom. The minimum atomic E-state index is 0.181. The highest BCUT2D eigenvalue weighted by Gasteiger charge is 2.11. The van der Waals surface area contributed by atoms with Gasteiger partial charge < -0.3 is 9.26 Å². The molecule has 0 bridgehead atoms. The molecule has 5 nitrogen and oxygen atoms in total. The molecule has 5 heteroatoms. The standard InChI is InChI=1S/C19H18N2O3/c1-3-13(2)23-17-10-8-16(9-11-17)19-20-18(21-24-19)15-6-4-14(12-22)5-7-15/h4-13H,3H2,1-2H3/t13-/m1/s1. The molecule has 0 saturated carbocycles. The number of hydrogen-bond acceptors (Lipinski definition) is 5. The Balaban J connectivity index is 1.78. The van der Waals surface area contributed by atoms with Gasteiger partial charge in [-0.05, 0) is 37.6 Å². The molecule has 1 aromatic heterocycles. The molecule has 1 atom stereocenters. The average molecular weight is 322 g/mol. The molecule has 0 unspecified atom stereocenters. The van der Waals surface area contributed by atoms with Crippen LogP contribution in [0.1, 0.15) is 30.6 Å². The molecule has 0 aliphatic rings. The second-order valence-electron chi connectivity index (χ2n) is 5.52. The van der Waals surface area contributed by atoms with E-state index >= 15 is 0 Å². The summed E-state index contributed by atoms with van der Waals surface area (Å²) < 4.78 is 11.1. The molecular formula is C19H18N2O3. The van der Waals surface area contributed by atoms with Gasteiger partial charge in [-0.2, -0.15) is 4.98 Å². The molecule has 0 N–H and O–H groups in total. The molecular weight excluding hydrogens is 304 g/mol. The van der Waals surface area contributed by atoms with Gasteiger partial charge in [0.25, 0.3) is 5.89 Å². The number of hydrogen-bond donors (Lipinski definition) is 0. The number of ether oxygens (including phenoxy) is 1. The van der Waals surface area contributed by atoms with E-state index in [0.717, 1.165) is 29.6 Å². The Bertz CT molecular complexity index is 807. The van der Waals surface area contributed by atoms with Gasteiger partial charge in [-0.1, -0.05) is 36.3 Å². The third-order valence-corrected chi connectivity index (χ3v) is 3.74. The summed E-state index contributed by atoms with van der Waals surface area (Å²) in [6.07, 6.45) is 1.94. The SMILES string of the molecule is CC[C@@H](C)Oc1ccc(-c2nc(-c3ccc(C=O)cc3)no2)cc1.